The van der Waals surface area contributed by atoms with Gasteiger partial charge in [-0.05, 0) is 29.1 Å². The summed E-state index contributed by atoms with van der Waals surface area (Å²) in [5.74, 6) is 0.0834. The van der Waals surface area contributed by atoms with Gasteiger partial charge in [-0.2, -0.15) is 0 Å². The molecule has 2 aromatic rings. The number of nitrogens with zero attached hydrogens (tertiary/aromatic N) is 2. The minimum Gasteiger partial charge on any atom is -0.370 e. The number of fused-ring (bicyclic) bond motifs is 1. The molecule has 4 N–H and O–H groups in total. The van der Waals surface area contributed by atoms with Gasteiger partial charge in [0.25, 0.3) is 0 Å². The molecule has 1 heterocycles. The van der Waals surface area contributed by atoms with Gasteiger partial charge in [0.1, 0.15) is 6.67 Å². The summed E-state index contributed by atoms with van der Waals surface area (Å²) in [7, 11) is 0. The molecule has 5 heteroatoms. The van der Waals surface area contributed by atoms with E-state index in [9.17, 15) is 4.39 Å². The lowest BCUT2D eigenvalue weighted by Crippen LogP contribution is -2.22. The van der Waals surface area contributed by atoms with Crippen molar-refractivity contribution in [1.82, 2.24) is 4.57 Å². The maximum absolute atomic E-state index is 12.3. The first-order chi connectivity index (χ1) is 8.20. The first-order valence-corrected chi connectivity index (χ1v) is 5.40. The molecule has 2 rings (SSSR count). The minimum atomic E-state index is -0.362. The number of aryl methyl sites for hydroxylation is 1. The van der Waals surface area contributed by atoms with Crippen molar-refractivity contribution in [2.24, 2.45) is 16.5 Å². The van der Waals surface area contributed by atoms with E-state index in [1.807, 2.05) is 35.0 Å². The second kappa shape index (κ2) is 4.86. The first-order valence-electron chi connectivity index (χ1n) is 5.40. The van der Waals surface area contributed by atoms with Crippen LogP contribution in [-0.2, 0) is 13.1 Å². The van der Waals surface area contributed by atoms with Gasteiger partial charge < -0.3 is 16.0 Å². The molecule has 0 aliphatic heterocycles. The van der Waals surface area contributed by atoms with Crippen molar-refractivity contribution in [1.29, 1.82) is 0 Å². The monoisotopic (exact) mass is 234 g/mol. The van der Waals surface area contributed by atoms with E-state index in [2.05, 4.69) is 4.99 Å². The highest BCUT2D eigenvalue weighted by Crippen LogP contribution is 2.18. The van der Waals surface area contributed by atoms with Gasteiger partial charge in [0, 0.05) is 11.7 Å². The number of aliphatic imine (C=N–C) groups is 1. The van der Waals surface area contributed by atoms with E-state index in [1.165, 1.54) is 0 Å². The van der Waals surface area contributed by atoms with Crippen molar-refractivity contribution in [2.45, 2.75) is 13.1 Å². The predicted molar refractivity (Wildman–Crippen MR) is 67.4 cm³/mol. The van der Waals surface area contributed by atoms with Crippen LogP contribution in [0.1, 0.15) is 5.56 Å². The molecule has 90 valence electrons. The van der Waals surface area contributed by atoms with E-state index in [0.717, 1.165) is 16.5 Å². The first kappa shape index (κ1) is 11.4. The van der Waals surface area contributed by atoms with Crippen molar-refractivity contribution in [3.8, 4) is 0 Å². The zero-order valence-corrected chi connectivity index (χ0v) is 9.44. The van der Waals surface area contributed by atoms with Crippen LogP contribution in [0.15, 0.2) is 35.5 Å². The Morgan fingerprint density at radius 3 is 2.82 bits per heavy atom. The molecular formula is C12H15FN4. The van der Waals surface area contributed by atoms with Crippen molar-refractivity contribution in [3.05, 3.63) is 36.0 Å². The third kappa shape index (κ3) is 2.55. The molecule has 0 aliphatic rings. The smallest absolute Gasteiger partial charge is 0.186 e. The molecule has 0 spiro atoms. The number of aromatic nitrogens is 1. The van der Waals surface area contributed by atoms with E-state index < -0.39 is 0 Å². The highest BCUT2D eigenvalue weighted by molar-refractivity contribution is 5.81. The summed E-state index contributed by atoms with van der Waals surface area (Å²) in [6.07, 6.45) is 1.88. The van der Waals surface area contributed by atoms with Crippen LogP contribution in [0.2, 0.25) is 0 Å². The Morgan fingerprint density at radius 1 is 1.29 bits per heavy atom. The lowest BCUT2D eigenvalue weighted by molar-refractivity contribution is 0.451. The summed E-state index contributed by atoms with van der Waals surface area (Å²) in [6.45, 7) is 0.489. The van der Waals surface area contributed by atoms with Crippen LogP contribution in [0, 0.1) is 0 Å². The lowest BCUT2D eigenvalue weighted by atomic mass is 10.1. The Hall–Kier alpha value is -2.04. The SMILES string of the molecule is NC(N)=NCc1ccc2c(ccn2CCF)c1. The standard InChI is InChI=1S/C12H15FN4/c13-4-6-17-5-3-10-7-9(1-2-11(10)17)8-16-12(14)15/h1-3,5,7H,4,6,8H2,(H4,14,15,16). The van der Waals surface area contributed by atoms with Crippen LogP contribution in [0.5, 0.6) is 0 Å². The minimum absolute atomic E-state index is 0.0834. The second-order valence-electron chi connectivity index (χ2n) is 3.83. The summed E-state index contributed by atoms with van der Waals surface area (Å²) in [5, 5.41) is 1.07. The van der Waals surface area contributed by atoms with E-state index in [4.69, 9.17) is 11.5 Å². The molecular weight excluding hydrogens is 219 g/mol. The average molecular weight is 234 g/mol. The Balaban J connectivity index is 2.29. The number of nitrogens with two attached hydrogens (primary N) is 2. The quantitative estimate of drug-likeness (QED) is 0.620. The van der Waals surface area contributed by atoms with E-state index >= 15 is 0 Å². The Kier molecular flexibility index (Phi) is 3.27. The number of hydrogen-bond acceptors (Lipinski definition) is 1. The molecule has 17 heavy (non-hydrogen) atoms. The van der Waals surface area contributed by atoms with Gasteiger partial charge in [0.2, 0.25) is 0 Å². The summed E-state index contributed by atoms with van der Waals surface area (Å²) < 4.78 is 14.2. The zero-order chi connectivity index (χ0) is 12.3. The van der Waals surface area contributed by atoms with Crippen molar-refractivity contribution < 1.29 is 4.39 Å². The Labute approximate surface area is 98.7 Å². The maximum atomic E-state index is 12.3. The van der Waals surface area contributed by atoms with Gasteiger partial charge in [-0.15, -0.1) is 0 Å². The zero-order valence-electron chi connectivity index (χ0n) is 9.44. The largest absolute Gasteiger partial charge is 0.370 e. The highest BCUT2D eigenvalue weighted by atomic mass is 19.1. The van der Waals surface area contributed by atoms with Gasteiger partial charge in [0.05, 0.1) is 13.1 Å². The number of benzene rings is 1. The summed E-state index contributed by atoms with van der Waals surface area (Å²) in [4.78, 5) is 3.95. The molecule has 1 aromatic carbocycles. The van der Waals surface area contributed by atoms with Crippen molar-refractivity contribution >= 4 is 16.9 Å². The van der Waals surface area contributed by atoms with Crippen LogP contribution in [0.4, 0.5) is 4.39 Å². The topological polar surface area (TPSA) is 69.3 Å². The lowest BCUT2D eigenvalue weighted by Gasteiger charge is -2.03. The normalized spacial score (nSPS) is 10.6. The molecule has 4 nitrogen and oxygen atoms in total. The number of halogens is 1. The van der Waals surface area contributed by atoms with Crippen LogP contribution in [0.3, 0.4) is 0 Å². The maximum Gasteiger partial charge on any atom is 0.186 e. The van der Waals surface area contributed by atoms with Gasteiger partial charge in [-0.3, -0.25) is 0 Å². The molecule has 0 amide bonds. The van der Waals surface area contributed by atoms with Gasteiger partial charge in [-0.1, -0.05) is 6.07 Å². The Morgan fingerprint density at radius 2 is 2.12 bits per heavy atom. The van der Waals surface area contributed by atoms with E-state index in [1.54, 1.807) is 0 Å². The van der Waals surface area contributed by atoms with Crippen LogP contribution < -0.4 is 11.5 Å². The second-order valence-corrected chi connectivity index (χ2v) is 3.83. The summed E-state index contributed by atoms with van der Waals surface area (Å²) >= 11 is 0. The summed E-state index contributed by atoms with van der Waals surface area (Å²) in [6, 6.07) is 7.88. The van der Waals surface area contributed by atoms with Crippen molar-refractivity contribution in [2.75, 3.05) is 6.67 Å². The molecule has 0 radical (unpaired) electrons. The fourth-order valence-electron chi connectivity index (χ4n) is 1.82. The van der Waals surface area contributed by atoms with Gasteiger partial charge in [-0.25, -0.2) is 9.38 Å². The molecule has 0 atom stereocenters. The third-order valence-electron chi connectivity index (χ3n) is 2.61. The van der Waals surface area contributed by atoms with Crippen LogP contribution in [0.25, 0.3) is 10.9 Å². The highest BCUT2D eigenvalue weighted by Gasteiger charge is 2.01. The molecule has 0 unspecified atom stereocenters. The van der Waals surface area contributed by atoms with Gasteiger partial charge >= 0.3 is 0 Å². The molecule has 0 bridgehead atoms. The number of alkyl halides is 1. The summed E-state index contributed by atoms with van der Waals surface area (Å²) in [5.41, 5.74) is 12.6. The number of hydrogen-bond donors (Lipinski definition) is 2. The molecule has 1 aromatic heterocycles. The van der Waals surface area contributed by atoms with Crippen LogP contribution in [-0.4, -0.2) is 17.2 Å². The molecule has 0 saturated carbocycles. The number of rotatable bonds is 4. The third-order valence-corrected chi connectivity index (χ3v) is 2.61. The average Bonchev–Trinajstić information content (AvgIpc) is 2.70. The van der Waals surface area contributed by atoms with E-state index in [-0.39, 0.29) is 12.6 Å². The molecule has 0 fully saturated rings. The fourth-order valence-corrected chi connectivity index (χ4v) is 1.82. The van der Waals surface area contributed by atoms with E-state index in [0.29, 0.717) is 13.1 Å². The van der Waals surface area contributed by atoms with Crippen LogP contribution >= 0.6 is 0 Å². The van der Waals surface area contributed by atoms with Gasteiger partial charge in [0.15, 0.2) is 5.96 Å². The molecule has 0 saturated heterocycles. The van der Waals surface area contributed by atoms with Crippen molar-refractivity contribution in [3.63, 3.8) is 0 Å². The predicted octanol–water partition coefficient (Wildman–Crippen LogP) is 1.38. The fraction of sp³-hybridized carbons (Fsp3) is 0.250. The molecule has 0 aliphatic carbocycles. The Bertz CT molecular complexity index is 540. The number of guanidine groups is 1.